The topological polar surface area (TPSA) is 41.1 Å². The summed E-state index contributed by atoms with van der Waals surface area (Å²) in [7, 11) is 0. The van der Waals surface area contributed by atoms with Gasteiger partial charge in [-0.05, 0) is 23.8 Å². The molecule has 2 heterocycles. The quantitative estimate of drug-likeness (QED) is 0.737. The molecule has 1 fully saturated rings. The van der Waals surface area contributed by atoms with Crippen molar-refractivity contribution in [3.63, 3.8) is 0 Å². The maximum Gasteiger partial charge on any atom is 0.127 e. The second-order valence-corrected chi connectivity index (χ2v) is 6.78. The van der Waals surface area contributed by atoms with Crippen molar-refractivity contribution < 1.29 is 9.13 Å². The number of benzene rings is 2. The van der Waals surface area contributed by atoms with Crippen LogP contribution in [0.25, 0.3) is 11.3 Å². The summed E-state index contributed by atoms with van der Waals surface area (Å²) < 4.78 is 19.7. The largest absolute Gasteiger partial charge is 0.378 e. The molecule has 1 unspecified atom stereocenters. The summed E-state index contributed by atoms with van der Waals surface area (Å²) in [5.74, 6) is 0.644. The summed E-state index contributed by atoms with van der Waals surface area (Å²) in [5.41, 5.74) is 2.63. The van der Waals surface area contributed by atoms with E-state index in [1.165, 1.54) is 6.07 Å². The predicted octanol–water partition coefficient (Wildman–Crippen LogP) is 4.44. The van der Waals surface area contributed by atoms with Crippen molar-refractivity contribution in [1.82, 2.24) is 14.9 Å². The molecule has 134 valence electrons. The van der Waals surface area contributed by atoms with Crippen molar-refractivity contribution >= 4 is 11.6 Å². The van der Waals surface area contributed by atoms with Gasteiger partial charge in [0.05, 0.1) is 31.1 Å². The Hall–Kier alpha value is -2.21. The maximum absolute atomic E-state index is 14.0. The average molecular weight is 372 g/mol. The number of hydrogen-bond donors (Lipinski definition) is 1. The molecule has 1 atom stereocenters. The number of aromatic amines is 1. The smallest absolute Gasteiger partial charge is 0.127 e. The van der Waals surface area contributed by atoms with Crippen LogP contribution >= 0.6 is 11.6 Å². The van der Waals surface area contributed by atoms with Crippen molar-refractivity contribution in [2.24, 2.45) is 0 Å². The molecule has 4 nitrogen and oxygen atoms in total. The second kappa shape index (κ2) is 7.58. The molecule has 2 aromatic carbocycles. The lowest BCUT2D eigenvalue weighted by Gasteiger charge is -2.34. The third kappa shape index (κ3) is 3.65. The number of hydrogen-bond acceptors (Lipinski definition) is 3. The Balaban J connectivity index is 1.57. The van der Waals surface area contributed by atoms with E-state index >= 15 is 0 Å². The monoisotopic (exact) mass is 371 g/mol. The van der Waals surface area contributed by atoms with Gasteiger partial charge in [0.25, 0.3) is 0 Å². The first-order valence-electron chi connectivity index (χ1n) is 8.57. The van der Waals surface area contributed by atoms with Crippen molar-refractivity contribution in [1.29, 1.82) is 0 Å². The number of ether oxygens (including phenoxy) is 1. The molecule has 0 bridgehead atoms. The van der Waals surface area contributed by atoms with Crippen LogP contribution in [0.15, 0.2) is 54.7 Å². The lowest BCUT2D eigenvalue weighted by molar-refractivity contribution is -0.0160. The number of nitrogens with zero attached hydrogens (tertiary/aromatic N) is 2. The first-order valence-corrected chi connectivity index (χ1v) is 8.94. The summed E-state index contributed by atoms with van der Waals surface area (Å²) in [6.07, 6.45) is 1.81. The highest BCUT2D eigenvalue weighted by atomic mass is 35.5. The van der Waals surface area contributed by atoms with Crippen LogP contribution in [0.3, 0.4) is 0 Å². The van der Waals surface area contributed by atoms with Gasteiger partial charge in [0.2, 0.25) is 0 Å². The fraction of sp³-hybridized carbons (Fsp3) is 0.250. The number of H-pyrrole nitrogens is 1. The van der Waals surface area contributed by atoms with Crippen molar-refractivity contribution in [2.45, 2.75) is 12.6 Å². The van der Waals surface area contributed by atoms with Crippen LogP contribution in [0.4, 0.5) is 4.39 Å². The average Bonchev–Trinajstić information content (AvgIpc) is 3.15. The maximum atomic E-state index is 14.0. The van der Waals surface area contributed by atoms with E-state index in [2.05, 4.69) is 14.9 Å². The van der Waals surface area contributed by atoms with Gasteiger partial charge in [0.1, 0.15) is 11.6 Å². The van der Waals surface area contributed by atoms with E-state index in [9.17, 15) is 4.39 Å². The van der Waals surface area contributed by atoms with Gasteiger partial charge in [0.15, 0.2) is 0 Å². The minimum atomic E-state index is -0.181. The van der Waals surface area contributed by atoms with Crippen LogP contribution in [0.5, 0.6) is 0 Å². The molecule has 0 amide bonds. The zero-order chi connectivity index (χ0) is 17.9. The van der Waals surface area contributed by atoms with E-state index < -0.39 is 0 Å². The van der Waals surface area contributed by atoms with Gasteiger partial charge in [0, 0.05) is 23.7 Å². The van der Waals surface area contributed by atoms with E-state index in [4.69, 9.17) is 16.3 Å². The first-order chi connectivity index (χ1) is 12.7. The van der Waals surface area contributed by atoms with Gasteiger partial charge in [-0.25, -0.2) is 9.37 Å². The molecule has 1 saturated heterocycles. The molecule has 3 aromatic rings. The number of aromatic nitrogens is 2. The second-order valence-electron chi connectivity index (χ2n) is 6.34. The highest BCUT2D eigenvalue weighted by Crippen LogP contribution is 2.27. The predicted molar refractivity (Wildman–Crippen MR) is 99.4 cm³/mol. The fourth-order valence-corrected chi connectivity index (χ4v) is 3.33. The van der Waals surface area contributed by atoms with E-state index in [-0.39, 0.29) is 11.9 Å². The molecule has 4 rings (SSSR count). The molecular formula is C20H19ClFN3O. The van der Waals surface area contributed by atoms with E-state index in [0.717, 1.165) is 23.6 Å². The van der Waals surface area contributed by atoms with Gasteiger partial charge in [-0.15, -0.1) is 0 Å². The molecule has 1 N–H and O–H groups in total. The Morgan fingerprint density at radius 3 is 2.81 bits per heavy atom. The van der Waals surface area contributed by atoms with E-state index in [1.807, 2.05) is 42.6 Å². The summed E-state index contributed by atoms with van der Waals surface area (Å²) in [6, 6.07) is 14.5. The molecule has 0 radical (unpaired) electrons. The number of nitrogens with one attached hydrogen (secondary N) is 1. The molecule has 1 aromatic heterocycles. The SMILES string of the molecule is Fc1ccccc1CN1CCOCC1c1ncc(-c2ccc(Cl)cc2)[nH]1. The van der Waals surface area contributed by atoms with Crippen LogP contribution in [0.2, 0.25) is 5.02 Å². The highest BCUT2D eigenvalue weighted by molar-refractivity contribution is 6.30. The van der Waals surface area contributed by atoms with Crippen LogP contribution in [-0.2, 0) is 11.3 Å². The molecule has 0 aliphatic carbocycles. The van der Waals surface area contributed by atoms with Crippen molar-refractivity contribution in [3.8, 4) is 11.3 Å². The number of morpholine rings is 1. The molecule has 1 aliphatic heterocycles. The van der Waals surface area contributed by atoms with Crippen LogP contribution < -0.4 is 0 Å². The molecule has 0 spiro atoms. The fourth-order valence-electron chi connectivity index (χ4n) is 3.21. The molecule has 6 heteroatoms. The number of rotatable bonds is 4. The molecule has 1 aliphatic rings. The van der Waals surface area contributed by atoms with Crippen LogP contribution in [0.1, 0.15) is 17.4 Å². The Morgan fingerprint density at radius 1 is 1.19 bits per heavy atom. The van der Waals surface area contributed by atoms with Gasteiger partial charge in [-0.2, -0.15) is 0 Å². The zero-order valence-electron chi connectivity index (χ0n) is 14.2. The third-order valence-electron chi connectivity index (χ3n) is 4.64. The number of imidazole rings is 1. The van der Waals surface area contributed by atoms with E-state index in [1.54, 1.807) is 6.07 Å². The minimum absolute atomic E-state index is 0.0376. The van der Waals surface area contributed by atoms with Crippen LogP contribution in [-0.4, -0.2) is 34.6 Å². The minimum Gasteiger partial charge on any atom is -0.378 e. The Morgan fingerprint density at radius 2 is 2.00 bits per heavy atom. The molecule has 0 saturated carbocycles. The first kappa shape index (κ1) is 17.2. The van der Waals surface area contributed by atoms with Gasteiger partial charge >= 0.3 is 0 Å². The van der Waals surface area contributed by atoms with E-state index in [0.29, 0.717) is 30.3 Å². The molecule has 26 heavy (non-hydrogen) atoms. The normalized spacial score (nSPS) is 18.2. The standard InChI is InChI=1S/C20H19ClFN3O/c21-16-7-5-14(6-8-16)18-11-23-20(24-18)19-13-26-10-9-25(19)12-15-3-1-2-4-17(15)22/h1-8,11,19H,9-10,12-13H2,(H,23,24). The van der Waals surface area contributed by atoms with Gasteiger partial charge in [-0.1, -0.05) is 41.9 Å². The highest BCUT2D eigenvalue weighted by Gasteiger charge is 2.27. The summed E-state index contributed by atoms with van der Waals surface area (Å²) in [6.45, 7) is 2.42. The Kier molecular flexibility index (Phi) is 5.02. The third-order valence-corrected chi connectivity index (χ3v) is 4.89. The van der Waals surface area contributed by atoms with Gasteiger partial charge in [-0.3, -0.25) is 4.90 Å². The van der Waals surface area contributed by atoms with Crippen molar-refractivity contribution in [2.75, 3.05) is 19.8 Å². The Labute approximate surface area is 156 Å². The summed E-state index contributed by atoms with van der Waals surface area (Å²) in [4.78, 5) is 10.1. The lowest BCUT2D eigenvalue weighted by atomic mass is 10.1. The number of halogens is 2. The summed E-state index contributed by atoms with van der Waals surface area (Å²) >= 11 is 5.96. The van der Waals surface area contributed by atoms with Crippen LogP contribution in [0, 0.1) is 5.82 Å². The lowest BCUT2D eigenvalue weighted by Crippen LogP contribution is -2.39. The van der Waals surface area contributed by atoms with Crippen molar-refractivity contribution in [3.05, 3.63) is 77.0 Å². The summed E-state index contributed by atoms with van der Waals surface area (Å²) in [5, 5.41) is 0.699. The molecular weight excluding hydrogens is 353 g/mol. The zero-order valence-corrected chi connectivity index (χ0v) is 14.9. The Bertz CT molecular complexity index is 881. The van der Waals surface area contributed by atoms with Gasteiger partial charge < -0.3 is 9.72 Å².